The first-order valence-electron chi connectivity index (χ1n) is 6.47. The molecule has 1 heterocycles. The third-order valence-electron chi connectivity index (χ3n) is 3.47. The minimum absolute atomic E-state index is 0.256. The molecule has 21 heavy (non-hydrogen) atoms. The van der Waals surface area contributed by atoms with Gasteiger partial charge in [0.1, 0.15) is 5.58 Å². The van der Waals surface area contributed by atoms with Crippen molar-refractivity contribution in [1.82, 2.24) is 0 Å². The highest BCUT2D eigenvalue weighted by Gasteiger charge is 2.21. The Balaban J connectivity index is 2.18. The smallest absolute Gasteiger partial charge is 0.230 e. The van der Waals surface area contributed by atoms with Gasteiger partial charge in [0.15, 0.2) is 5.76 Å². The van der Waals surface area contributed by atoms with Crippen LogP contribution < -0.4 is 0 Å². The summed E-state index contributed by atoms with van der Waals surface area (Å²) < 4.78 is 5.74. The molecule has 0 aliphatic heterocycles. The summed E-state index contributed by atoms with van der Waals surface area (Å²) >= 11 is 12.0. The van der Waals surface area contributed by atoms with Gasteiger partial charge in [-0.25, -0.2) is 0 Å². The van der Waals surface area contributed by atoms with Gasteiger partial charge in [-0.05, 0) is 43.7 Å². The van der Waals surface area contributed by atoms with E-state index in [0.29, 0.717) is 27.0 Å². The number of carbonyl (C=O) groups excluding carboxylic acids is 1. The van der Waals surface area contributed by atoms with E-state index < -0.39 is 0 Å². The highest BCUT2D eigenvalue weighted by atomic mass is 35.5. The molecule has 0 N–H and O–H groups in total. The summed E-state index contributed by atoms with van der Waals surface area (Å²) in [6.45, 7) is 3.85. The van der Waals surface area contributed by atoms with Crippen molar-refractivity contribution in [2.24, 2.45) is 0 Å². The van der Waals surface area contributed by atoms with Crippen LogP contribution in [0, 0.1) is 13.8 Å². The van der Waals surface area contributed by atoms with Gasteiger partial charge in [-0.3, -0.25) is 4.79 Å². The van der Waals surface area contributed by atoms with Crippen LogP contribution in [0.15, 0.2) is 40.8 Å². The molecule has 2 nitrogen and oxygen atoms in total. The van der Waals surface area contributed by atoms with Gasteiger partial charge in [-0.15, -0.1) is 0 Å². The number of ketones is 1. The molecule has 3 rings (SSSR count). The third-order valence-corrected chi connectivity index (χ3v) is 4.04. The molecule has 0 fully saturated rings. The Kier molecular flexibility index (Phi) is 3.52. The van der Waals surface area contributed by atoms with E-state index in [0.717, 1.165) is 16.5 Å². The maximum Gasteiger partial charge on any atom is 0.230 e. The van der Waals surface area contributed by atoms with Gasteiger partial charge in [-0.1, -0.05) is 35.3 Å². The van der Waals surface area contributed by atoms with Crippen molar-refractivity contribution in [2.75, 3.05) is 0 Å². The number of fused-ring (bicyclic) bond motifs is 1. The molecule has 0 saturated carbocycles. The summed E-state index contributed by atoms with van der Waals surface area (Å²) in [4.78, 5) is 12.7. The molecule has 0 radical (unpaired) electrons. The van der Waals surface area contributed by atoms with Crippen molar-refractivity contribution in [3.05, 3.63) is 68.9 Å². The Morgan fingerprint density at radius 3 is 2.57 bits per heavy atom. The standard InChI is InChI=1S/C17H12Cl2O2/c1-9-3-5-12-10(2)17(21-15(12)7-9)16(20)13-8-11(18)4-6-14(13)19/h3-8H,1-2H3. The lowest BCUT2D eigenvalue weighted by Crippen LogP contribution is -2.02. The summed E-state index contributed by atoms with van der Waals surface area (Å²) in [6.07, 6.45) is 0. The molecule has 0 saturated heterocycles. The van der Waals surface area contributed by atoms with E-state index in [4.69, 9.17) is 27.6 Å². The monoisotopic (exact) mass is 318 g/mol. The normalized spacial score (nSPS) is 11.0. The molecule has 2 aromatic carbocycles. The minimum atomic E-state index is -0.256. The predicted molar refractivity (Wildman–Crippen MR) is 85.6 cm³/mol. The molecular weight excluding hydrogens is 307 g/mol. The molecule has 1 aromatic heterocycles. The van der Waals surface area contributed by atoms with Crippen LogP contribution >= 0.6 is 23.2 Å². The number of aryl methyl sites for hydroxylation is 2. The summed E-state index contributed by atoms with van der Waals surface area (Å²) in [5.41, 5.74) is 2.94. The van der Waals surface area contributed by atoms with Gasteiger partial charge in [0.05, 0.1) is 5.02 Å². The topological polar surface area (TPSA) is 30.2 Å². The fourth-order valence-electron chi connectivity index (χ4n) is 2.34. The lowest BCUT2D eigenvalue weighted by Gasteiger charge is -2.02. The van der Waals surface area contributed by atoms with Crippen LogP contribution in [-0.2, 0) is 0 Å². The van der Waals surface area contributed by atoms with Crippen molar-refractivity contribution in [3.63, 3.8) is 0 Å². The number of rotatable bonds is 2. The number of hydrogen-bond donors (Lipinski definition) is 0. The Bertz CT molecular complexity index is 863. The first-order valence-corrected chi connectivity index (χ1v) is 7.22. The van der Waals surface area contributed by atoms with Gasteiger partial charge in [-0.2, -0.15) is 0 Å². The number of furan rings is 1. The molecule has 4 heteroatoms. The van der Waals surface area contributed by atoms with Crippen molar-refractivity contribution in [3.8, 4) is 0 Å². The summed E-state index contributed by atoms with van der Waals surface area (Å²) in [7, 11) is 0. The van der Waals surface area contributed by atoms with Crippen molar-refractivity contribution in [2.45, 2.75) is 13.8 Å². The van der Waals surface area contributed by atoms with Crippen LogP contribution in [0.4, 0.5) is 0 Å². The second-order valence-corrected chi connectivity index (χ2v) is 5.85. The van der Waals surface area contributed by atoms with Crippen molar-refractivity contribution in [1.29, 1.82) is 0 Å². The number of carbonyl (C=O) groups is 1. The molecule has 0 aliphatic carbocycles. The van der Waals surface area contributed by atoms with Gasteiger partial charge in [0.2, 0.25) is 5.78 Å². The predicted octanol–water partition coefficient (Wildman–Crippen LogP) is 5.59. The van der Waals surface area contributed by atoms with Crippen LogP contribution in [0.25, 0.3) is 11.0 Å². The van der Waals surface area contributed by atoms with Gasteiger partial charge in [0, 0.05) is 21.5 Å². The molecule has 0 bridgehead atoms. The van der Waals surface area contributed by atoms with E-state index >= 15 is 0 Å². The summed E-state index contributed by atoms with van der Waals surface area (Å²) in [6, 6.07) is 10.7. The molecule has 0 unspecified atom stereocenters. The highest BCUT2D eigenvalue weighted by Crippen LogP contribution is 2.30. The zero-order valence-corrected chi connectivity index (χ0v) is 13.0. The van der Waals surface area contributed by atoms with E-state index in [1.165, 1.54) is 0 Å². The van der Waals surface area contributed by atoms with E-state index in [2.05, 4.69) is 0 Å². The Morgan fingerprint density at radius 1 is 1.05 bits per heavy atom. The second-order valence-electron chi connectivity index (χ2n) is 5.01. The van der Waals surface area contributed by atoms with Crippen molar-refractivity contribution >= 4 is 40.0 Å². The SMILES string of the molecule is Cc1ccc2c(C)c(C(=O)c3cc(Cl)ccc3Cl)oc2c1. The van der Waals surface area contributed by atoms with E-state index in [9.17, 15) is 4.79 Å². The Morgan fingerprint density at radius 2 is 1.81 bits per heavy atom. The average molecular weight is 319 g/mol. The van der Waals surface area contributed by atoms with Crippen molar-refractivity contribution < 1.29 is 9.21 Å². The number of hydrogen-bond acceptors (Lipinski definition) is 2. The second kappa shape index (κ2) is 5.21. The zero-order valence-electron chi connectivity index (χ0n) is 11.5. The third kappa shape index (κ3) is 2.45. The number of benzene rings is 2. The lowest BCUT2D eigenvalue weighted by atomic mass is 10.0. The molecule has 106 valence electrons. The van der Waals surface area contributed by atoms with Crippen LogP contribution in [-0.4, -0.2) is 5.78 Å². The van der Waals surface area contributed by atoms with E-state index in [1.54, 1.807) is 18.2 Å². The van der Waals surface area contributed by atoms with Gasteiger partial charge < -0.3 is 4.42 Å². The Labute approximate surface area is 132 Å². The van der Waals surface area contributed by atoms with E-state index in [-0.39, 0.29) is 5.78 Å². The first-order chi connectivity index (χ1) is 9.97. The van der Waals surface area contributed by atoms with Gasteiger partial charge in [0.25, 0.3) is 0 Å². The van der Waals surface area contributed by atoms with Crippen LogP contribution in [0.5, 0.6) is 0 Å². The molecule has 0 atom stereocenters. The molecule has 0 aliphatic rings. The summed E-state index contributed by atoms with van der Waals surface area (Å²) in [5, 5.41) is 1.76. The molecule has 0 spiro atoms. The Hall–Kier alpha value is -1.77. The largest absolute Gasteiger partial charge is 0.452 e. The first kappa shape index (κ1) is 14.2. The van der Waals surface area contributed by atoms with Crippen LogP contribution in [0.1, 0.15) is 27.2 Å². The van der Waals surface area contributed by atoms with Crippen LogP contribution in [0.2, 0.25) is 10.0 Å². The minimum Gasteiger partial charge on any atom is -0.452 e. The zero-order chi connectivity index (χ0) is 15.1. The number of halogens is 2. The van der Waals surface area contributed by atoms with Crippen LogP contribution in [0.3, 0.4) is 0 Å². The highest BCUT2D eigenvalue weighted by molar-refractivity contribution is 6.36. The average Bonchev–Trinajstić information content (AvgIpc) is 2.77. The molecule has 0 amide bonds. The maximum absolute atomic E-state index is 12.7. The quantitative estimate of drug-likeness (QED) is 0.577. The molecular formula is C17H12Cl2O2. The fourth-order valence-corrected chi connectivity index (χ4v) is 2.72. The molecule has 3 aromatic rings. The maximum atomic E-state index is 12.7. The van der Waals surface area contributed by atoms with E-state index in [1.807, 2.05) is 32.0 Å². The van der Waals surface area contributed by atoms with Gasteiger partial charge >= 0.3 is 0 Å². The lowest BCUT2D eigenvalue weighted by molar-refractivity contribution is 0.101. The fraction of sp³-hybridized carbons (Fsp3) is 0.118. The summed E-state index contributed by atoms with van der Waals surface area (Å²) in [5.74, 6) is 0.0496.